The molecule has 5 rings (SSSR count). The second-order valence-electron chi connectivity index (χ2n) is 9.49. The van der Waals surface area contributed by atoms with Gasteiger partial charge in [0.1, 0.15) is 24.6 Å². The van der Waals surface area contributed by atoms with Crippen molar-refractivity contribution >= 4 is 29.2 Å². The minimum absolute atomic E-state index is 0.207. The van der Waals surface area contributed by atoms with Crippen LogP contribution in [-0.2, 0) is 4.57 Å². The predicted octanol–water partition coefficient (Wildman–Crippen LogP) is 4.59. The zero-order chi connectivity index (χ0) is 24.7. The number of ether oxygens (including phenoxy) is 1. The number of rotatable bonds is 5. The van der Waals surface area contributed by atoms with Gasteiger partial charge < -0.3 is 19.9 Å². The van der Waals surface area contributed by atoms with E-state index in [4.69, 9.17) is 16.9 Å². The number of nitrogen functional groups attached to an aromatic ring is 1. The van der Waals surface area contributed by atoms with E-state index in [1.165, 1.54) is 0 Å². The number of para-hydroxylation sites is 1. The molecule has 1 unspecified atom stereocenters. The molecule has 0 amide bonds. The summed E-state index contributed by atoms with van der Waals surface area (Å²) in [4.78, 5) is 6.95. The summed E-state index contributed by atoms with van der Waals surface area (Å²) in [6.07, 6.45) is 8.50. The van der Waals surface area contributed by atoms with E-state index in [0.29, 0.717) is 16.9 Å². The Bertz CT molecular complexity index is 1490. The molecule has 7 heteroatoms. The number of likely N-dealkylation sites (N-methyl/N-ethyl adjacent to an activating group) is 1. The molecule has 6 nitrogen and oxygen atoms in total. The molecule has 4 aromatic rings. The normalized spacial score (nSPS) is 16.5. The number of nitrogens with zero attached hydrogens (tertiary/aromatic N) is 3. The van der Waals surface area contributed by atoms with Crippen LogP contribution in [0.2, 0.25) is 0 Å². The number of hydrogen-bond acceptors (Lipinski definition) is 5. The number of terminal acetylenes is 1. The summed E-state index contributed by atoms with van der Waals surface area (Å²) in [5.74, 6) is 3.46. The van der Waals surface area contributed by atoms with E-state index < -0.39 is 7.14 Å². The number of likely N-dealkylation sites (tertiary alicyclic amines) is 1. The van der Waals surface area contributed by atoms with Gasteiger partial charge in [0.15, 0.2) is 0 Å². The van der Waals surface area contributed by atoms with E-state index in [-0.39, 0.29) is 6.10 Å². The van der Waals surface area contributed by atoms with E-state index >= 15 is 0 Å². The standard InChI is InChI=1S/C28H29N4O2P/c1-5-19-17-30-28-23(27(19)29)16-25(32(28)24-8-6-7-9-26(24)35(3,4)33)20-10-12-21(13-11-20)34-22-14-15-31(2)18-22/h1,6-13,16-17,22H,14-15,18H2,2-4H3,(H2,29,30). The van der Waals surface area contributed by atoms with Crippen molar-refractivity contribution in [1.29, 1.82) is 0 Å². The van der Waals surface area contributed by atoms with Crippen LogP contribution in [0.1, 0.15) is 12.0 Å². The smallest absolute Gasteiger partial charge is 0.147 e. The number of nitrogens with two attached hydrogens (primary N) is 1. The zero-order valence-electron chi connectivity index (χ0n) is 20.2. The average molecular weight is 485 g/mol. The largest absolute Gasteiger partial charge is 0.489 e. The number of pyridine rings is 1. The first kappa shape index (κ1) is 23.2. The third-order valence-electron chi connectivity index (χ3n) is 6.53. The molecule has 0 bridgehead atoms. The van der Waals surface area contributed by atoms with Gasteiger partial charge in [-0.25, -0.2) is 4.98 Å². The lowest BCUT2D eigenvalue weighted by Crippen LogP contribution is -2.21. The van der Waals surface area contributed by atoms with Crippen molar-refractivity contribution in [1.82, 2.24) is 14.5 Å². The summed E-state index contributed by atoms with van der Waals surface area (Å²) in [5, 5.41) is 1.55. The molecular formula is C28H29N4O2P. The van der Waals surface area contributed by atoms with Crippen molar-refractivity contribution in [2.75, 3.05) is 39.2 Å². The van der Waals surface area contributed by atoms with Crippen LogP contribution in [-0.4, -0.2) is 54.0 Å². The molecule has 2 aromatic heterocycles. The van der Waals surface area contributed by atoms with E-state index in [1.54, 1.807) is 19.5 Å². The molecule has 1 aliphatic heterocycles. The highest BCUT2D eigenvalue weighted by Gasteiger charge is 2.23. The summed E-state index contributed by atoms with van der Waals surface area (Å²) >= 11 is 0. The molecule has 1 saturated heterocycles. The summed E-state index contributed by atoms with van der Waals surface area (Å²) in [7, 11) is -0.469. The summed E-state index contributed by atoms with van der Waals surface area (Å²) < 4.78 is 21.4. The van der Waals surface area contributed by atoms with Gasteiger partial charge in [0.05, 0.1) is 22.6 Å². The zero-order valence-corrected chi connectivity index (χ0v) is 21.1. The molecule has 0 saturated carbocycles. The Kier molecular flexibility index (Phi) is 5.92. The quantitative estimate of drug-likeness (QED) is 0.331. The van der Waals surface area contributed by atoms with E-state index in [9.17, 15) is 4.57 Å². The number of benzene rings is 2. The molecular weight excluding hydrogens is 455 g/mol. The van der Waals surface area contributed by atoms with Crippen molar-refractivity contribution in [3.63, 3.8) is 0 Å². The molecule has 1 atom stereocenters. The van der Waals surface area contributed by atoms with Gasteiger partial charge in [-0.15, -0.1) is 6.42 Å². The molecule has 1 fully saturated rings. The monoisotopic (exact) mass is 484 g/mol. The minimum atomic E-state index is -2.58. The highest BCUT2D eigenvalue weighted by molar-refractivity contribution is 7.70. The minimum Gasteiger partial charge on any atom is -0.489 e. The highest BCUT2D eigenvalue weighted by atomic mass is 31.2. The highest BCUT2D eigenvalue weighted by Crippen LogP contribution is 2.40. The Morgan fingerprint density at radius 3 is 2.57 bits per heavy atom. The molecule has 2 aromatic carbocycles. The lowest BCUT2D eigenvalue weighted by atomic mass is 10.1. The Hall–Kier alpha value is -3.52. The fourth-order valence-electron chi connectivity index (χ4n) is 4.73. The lowest BCUT2D eigenvalue weighted by molar-refractivity contribution is 0.208. The van der Waals surface area contributed by atoms with Crippen molar-refractivity contribution in [3.8, 4) is 35.0 Å². The molecule has 0 radical (unpaired) electrons. The van der Waals surface area contributed by atoms with Gasteiger partial charge in [0.25, 0.3) is 0 Å². The van der Waals surface area contributed by atoms with Crippen LogP contribution in [0.4, 0.5) is 5.69 Å². The second-order valence-corrected chi connectivity index (χ2v) is 12.7. The summed E-state index contributed by atoms with van der Waals surface area (Å²) in [6, 6.07) is 17.8. The van der Waals surface area contributed by atoms with Crippen LogP contribution in [0.15, 0.2) is 60.8 Å². The van der Waals surface area contributed by atoms with Gasteiger partial charge in [-0.1, -0.05) is 18.1 Å². The third-order valence-corrected chi connectivity index (χ3v) is 8.07. The Labute approximate surface area is 206 Å². The van der Waals surface area contributed by atoms with Crippen molar-refractivity contribution in [2.45, 2.75) is 12.5 Å². The maximum atomic E-state index is 13.2. The van der Waals surface area contributed by atoms with Crippen LogP contribution in [0.5, 0.6) is 5.75 Å². The molecule has 35 heavy (non-hydrogen) atoms. The maximum absolute atomic E-state index is 13.2. The van der Waals surface area contributed by atoms with Crippen molar-refractivity contribution in [3.05, 3.63) is 66.4 Å². The molecule has 2 N–H and O–H groups in total. The first-order chi connectivity index (χ1) is 16.8. The van der Waals surface area contributed by atoms with E-state index in [2.05, 4.69) is 22.9 Å². The molecule has 0 spiro atoms. The van der Waals surface area contributed by atoms with E-state index in [1.807, 2.05) is 59.2 Å². The molecule has 178 valence electrons. The van der Waals surface area contributed by atoms with Gasteiger partial charge in [0.2, 0.25) is 0 Å². The molecule has 3 heterocycles. The van der Waals surface area contributed by atoms with Crippen LogP contribution in [0.3, 0.4) is 0 Å². The average Bonchev–Trinajstić information content (AvgIpc) is 3.43. The Morgan fingerprint density at radius 1 is 1.17 bits per heavy atom. The van der Waals surface area contributed by atoms with Crippen molar-refractivity contribution in [2.24, 2.45) is 0 Å². The Morgan fingerprint density at radius 2 is 1.91 bits per heavy atom. The summed E-state index contributed by atoms with van der Waals surface area (Å²) in [6.45, 7) is 5.54. The van der Waals surface area contributed by atoms with Crippen LogP contribution >= 0.6 is 7.14 Å². The first-order valence-corrected chi connectivity index (χ1v) is 14.2. The topological polar surface area (TPSA) is 73.4 Å². The van der Waals surface area contributed by atoms with Crippen molar-refractivity contribution < 1.29 is 9.30 Å². The first-order valence-electron chi connectivity index (χ1n) is 11.6. The van der Waals surface area contributed by atoms with Crippen LogP contribution in [0, 0.1) is 12.3 Å². The number of hydrogen-bond donors (Lipinski definition) is 1. The van der Waals surface area contributed by atoms with Gasteiger partial charge in [0, 0.05) is 30.0 Å². The van der Waals surface area contributed by atoms with Gasteiger partial charge >= 0.3 is 0 Å². The van der Waals surface area contributed by atoms with Crippen LogP contribution < -0.4 is 15.8 Å². The molecule has 0 aliphatic carbocycles. The summed E-state index contributed by atoms with van der Waals surface area (Å²) in [5.41, 5.74) is 10.9. The fraction of sp³-hybridized carbons (Fsp3) is 0.250. The molecule has 1 aliphatic rings. The second kappa shape index (κ2) is 8.92. The maximum Gasteiger partial charge on any atom is 0.147 e. The van der Waals surface area contributed by atoms with Crippen LogP contribution in [0.25, 0.3) is 28.0 Å². The number of aromatic nitrogens is 2. The van der Waals surface area contributed by atoms with Gasteiger partial charge in [-0.05, 0) is 74.8 Å². The van der Waals surface area contributed by atoms with Gasteiger partial charge in [-0.3, -0.25) is 4.57 Å². The lowest BCUT2D eigenvalue weighted by Gasteiger charge is -2.18. The fourth-order valence-corrected chi connectivity index (χ4v) is 5.90. The number of anilines is 1. The predicted molar refractivity (Wildman–Crippen MR) is 144 cm³/mol. The van der Waals surface area contributed by atoms with E-state index in [0.717, 1.165) is 52.9 Å². The van der Waals surface area contributed by atoms with Gasteiger partial charge in [-0.2, -0.15) is 0 Å². The third kappa shape index (κ3) is 4.34. The number of fused-ring (bicyclic) bond motifs is 1. The Balaban J connectivity index is 1.67. The SMILES string of the molecule is C#Cc1cnc2c(cc(-c3ccc(OC4CCN(C)C4)cc3)n2-c2ccccc2P(C)(C)=O)c1N.